The molecule has 10 heteroatoms. The summed E-state index contributed by atoms with van der Waals surface area (Å²) in [5, 5.41) is 0.879. The van der Waals surface area contributed by atoms with Crippen LogP contribution in [0.15, 0.2) is 27.8 Å². The van der Waals surface area contributed by atoms with E-state index in [1.165, 1.54) is 9.13 Å². The Hall–Kier alpha value is -2.22. The van der Waals surface area contributed by atoms with Crippen LogP contribution in [0.5, 0.6) is 0 Å². The van der Waals surface area contributed by atoms with Crippen molar-refractivity contribution in [3.8, 4) is 0 Å². The van der Waals surface area contributed by atoms with Crippen molar-refractivity contribution < 1.29 is 0 Å². The van der Waals surface area contributed by atoms with Crippen LogP contribution in [-0.4, -0.2) is 29.0 Å². The van der Waals surface area contributed by atoms with Crippen molar-refractivity contribution in [2.24, 2.45) is 7.05 Å². The second kappa shape index (κ2) is 7.23. The van der Waals surface area contributed by atoms with Crippen molar-refractivity contribution in [3.63, 3.8) is 0 Å². The molecule has 152 valence electrons. The standard InChI is InChI=1S/C19H18Cl3N5O2/c1-10-11(2)27-15-16(23-18(27)25(10)7-6-20)24(3)19(29)26(17(15)28)9-12-4-5-13(21)8-14(12)22/h4-5,8H,6-7,9H2,1-3H3. The number of nitrogens with zero attached hydrogens (tertiary/aromatic N) is 5. The van der Waals surface area contributed by atoms with Crippen molar-refractivity contribution in [1.29, 1.82) is 0 Å². The van der Waals surface area contributed by atoms with Gasteiger partial charge in [0.15, 0.2) is 11.2 Å². The molecule has 3 heterocycles. The van der Waals surface area contributed by atoms with Crippen LogP contribution in [0.4, 0.5) is 0 Å². The maximum Gasteiger partial charge on any atom is 0.332 e. The first kappa shape index (κ1) is 20.1. The average Bonchev–Trinajstić information content (AvgIpc) is 3.17. The van der Waals surface area contributed by atoms with E-state index in [-0.39, 0.29) is 6.54 Å². The van der Waals surface area contributed by atoms with Gasteiger partial charge in [-0.2, -0.15) is 4.98 Å². The SMILES string of the molecule is Cc1c(C)n2c3c(=O)n(Cc4ccc(Cl)cc4Cl)c(=O)n(C)c3nc2n1CCCl. The first-order valence-electron chi connectivity index (χ1n) is 8.93. The fourth-order valence-corrected chi connectivity index (χ4v) is 4.26. The van der Waals surface area contributed by atoms with Crippen LogP contribution in [0.2, 0.25) is 10.0 Å². The lowest BCUT2D eigenvalue weighted by atomic mass is 10.2. The summed E-state index contributed by atoms with van der Waals surface area (Å²) in [6.07, 6.45) is 0. The minimum atomic E-state index is -0.465. The predicted molar refractivity (Wildman–Crippen MR) is 116 cm³/mol. The van der Waals surface area contributed by atoms with Crippen LogP contribution < -0.4 is 11.2 Å². The van der Waals surface area contributed by atoms with Gasteiger partial charge in [-0.05, 0) is 31.5 Å². The maximum absolute atomic E-state index is 13.4. The van der Waals surface area contributed by atoms with E-state index in [1.54, 1.807) is 29.6 Å². The highest BCUT2D eigenvalue weighted by atomic mass is 35.5. The second-order valence-electron chi connectivity index (χ2n) is 6.90. The monoisotopic (exact) mass is 453 g/mol. The Labute approximate surface area is 180 Å². The summed E-state index contributed by atoms with van der Waals surface area (Å²) < 4.78 is 6.29. The van der Waals surface area contributed by atoms with E-state index in [9.17, 15) is 9.59 Å². The third-order valence-electron chi connectivity index (χ3n) is 5.28. The molecule has 0 amide bonds. The number of hydrogen-bond acceptors (Lipinski definition) is 3. The molecule has 0 aliphatic rings. The van der Waals surface area contributed by atoms with E-state index in [0.29, 0.717) is 45.0 Å². The van der Waals surface area contributed by atoms with Crippen LogP contribution in [0.1, 0.15) is 17.0 Å². The van der Waals surface area contributed by atoms with Gasteiger partial charge < -0.3 is 4.57 Å². The molecule has 0 fully saturated rings. The van der Waals surface area contributed by atoms with Gasteiger partial charge in [0.1, 0.15) is 0 Å². The van der Waals surface area contributed by atoms with Crippen molar-refractivity contribution in [1.82, 2.24) is 23.1 Å². The number of fused-ring (bicyclic) bond motifs is 3. The number of aryl methyl sites for hydroxylation is 3. The van der Waals surface area contributed by atoms with E-state index in [4.69, 9.17) is 34.8 Å². The third-order valence-corrected chi connectivity index (χ3v) is 6.04. The lowest BCUT2D eigenvalue weighted by Crippen LogP contribution is -2.39. The van der Waals surface area contributed by atoms with Crippen LogP contribution in [0.3, 0.4) is 0 Å². The summed E-state index contributed by atoms with van der Waals surface area (Å²) in [7, 11) is 1.60. The summed E-state index contributed by atoms with van der Waals surface area (Å²) in [6, 6.07) is 4.97. The highest BCUT2D eigenvalue weighted by Gasteiger charge is 2.22. The lowest BCUT2D eigenvalue weighted by Gasteiger charge is -2.10. The Morgan fingerprint density at radius 3 is 2.45 bits per heavy atom. The molecule has 4 aromatic rings. The highest BCUT2D eigenvalue weighted by Crippen LogP contribution is 2.23. The Bertz CT molecular complexity index is 1390. The van der Waals surface area contributed by atoms with Crippen molar-refractivity contribution >= 4 is 51.7 Å². The van der Waals surface area contributed by atoms with E-state index in [0.717, 1.165) is 11.4 Å². The first-order chi connectivity index (χ1) is 13.8. The molecule has 1 aromatic carbocycles. The summed E-state index contributed by atoms with van der Waals surface area (Å²) in [5.74, 6) is 0.997. The Kier molecular flexibility index (Phi) is 5.01. The van der Waals surface area contributed by atoms with E-state index in [1.807, 2.05) is 18.4 Å². The van der Waals surface area contributed by atoms with Gasteiger partial charge in [0, 0.05) is 40.9 Å². The molecule has 0 radical (unpaired) electrons. The number of imidazole rings is 2. The molecule has 0 aliphatic heterocycles. The molecule has 0 spiro atoms. The van der Waals surface area contributed by atoms with Gasteiger partial charge in [0.2, 0.25) is 5.78 Å². The fourth-order valence-electron chi connectivity index (χ4n) is 3.63. The minimum absolute atomic E-state index is 0.0328. The van der Waals surface area contributed by atoms with Gasteiger partial charge in [-0.1, -0.05) is 29.3 Å². The van der Waals surface area contributed by atoms with Crippen LogP contribution in [0.25, 0.3) is 16.9 Å². The van der Waals surface area contributed by atoms with Gasteiger partial charge in [-0.15, -0.1) is 11.6 Å². The lowest BCUT2D eigenvalue weighted by molar-refractivity contribution is 0.656. The quantitative estimate of drug-likeness (QED) is 0.444. The molecule has 3 aromatic heterocycles. The zero-order valence-corrected chi connectivity index (χ0v) is 18.3. The van der Waals surface area contributed by atoms with Gasteiger partial charge in [-0.25, -0.2) is 4.79 Å². The van der Waals surface area contributed by atoms with Crippen LogP contribution >= 0.6 is 34.8 Å². The molecule has 0 bridgehead atoms. The average molecular weight is 455 g/mol. The Morgan fingerprint density at radius 1 is 1.07 bits per heavy atom. The molecule has 29 heavy (non-hydrogen) atoms. The molecule has 0 atom stereocenters. The number of halogens is 3. The minimum Gasteiger partial charge on any atom is -0.313 e. The van der Waals surface area contributed by atoms with Crippen LogP contribution in [0, 0.1) is 13.8 Å². The zero-order chi connectivity index (χ0) is 21.0. The largest absolute Gasteiger partial charge is 0.332 e. The smallest absolute Gasteiger partial charge is 0.313 e. The van der Waals surface area contributed by atoms with Crippen molar-refractivity contribution in [2.75, 3.05) is 5.88 Å². The molecule has 7 nitrogen and oxygen atoms in total. The van der Waals surface area contributed by atoms with Gasteiger partial charge in [0.05, 0.1) is 6.54 Å². The number of alkyl halides is 1. The van der Waals surface area contributed by atoms with Gasteiger partial charge in [0.25, 0.3) is 5.56 Å². The normalized spacial score (nSPS) is 11.8. The topological polar surface area (TPSA) is 66.2 Å². The number of hydrogen-bond donors (Lipinski definition) is 0. The summed E-state index contributed by atoms with van der Waals surface area (Å²) in [6.45, 7) is 4.46. The highest BCUT2D eigenvalue weighted by molar-refractivity contribution is 6.35. The number of aromatic nitrogens is 5. The summed E-state index contributed by atoms with van der Waals surface area (Å²) in [5.41, 5.74) is 2.26. The fraction of sp³-hybridized carbons (Fsp3) is 0.316. The van der Waals surface area contributed by atoms with E-state index >= 15 is 0 Å². The molecule has 0 saturated heterocycles. The predicted octanol–water partition coefficient (Wildman–Crippen LogP) is 3.36. The summed E-state index contributed by atoms with van der Waals surface area (Å²) >= 11 is 18.2. The Morgan fingerprint density at radius 2 is 1.79 bits per heavy atom. The van der Waals surface area contributed by atoms with E-state index < -0.39 is 11.2 Å². The number of benzene rings is 1. The van der Waals surface area contributed by atoms with Crippen molar-refractivity contribution in [2.45, 2.75) is 26.9 Å². The molecular weight excluding hydrogens is 437 g/mol. The molecule has 0 N–H and O–H groups in total. The second-order valence-corrected chi connectivity index (χ2v) is 8.12. The molecular formula is C19H18Cl3N5O2. The third kappa shape index (κ3) is 2.99. The molecule has 0 saturated carbocycles. The first-order valence-corrected chi connectivity index (χ1v) is 10.2. The van der Waals surface area contributed by atoms with Gasteiger partial charge >= 0.3 is 5.69 Å². The van der Waals surface area contributed by atoms with Gasteiger partial charge in [-0.3, -0.25) is 18.3 Å². The molecule has 0 unspecified atom stereocenters. The molecule has 0 aliphatic carbocycles. The summed E-state index contributed by atoms with van der Waals surface area (Å²) in [4.78, 5) is 30.9. The Balaban J connectivity index is 2.05. The van der Waals surface area contributed by atoms with Crippen molar-refractivity contribution in [3.05, 3.63) is 66.0 Å². The zero-order valence-electron chi connectivity index (χ0n) is 16.0. The maximum atomic E-state index is 13.4. The number of rotatable bonds is 4. The molecule has 4 rings (SSSR count). The van der Waals surface area contributed by atoms with E-state index in [2.05, 4.69) is 4.98 Å². The van der Waals surface area contributed by atoms with Crippen LogP contribution in [-0.2, 0) is 20.1 Å².